The lowest BCUT2D eigenvalue weighted by Crippen LogP contribution is -2.13. The summed E-state index contributed by atoms with van der Waals surface area (Å²) in [6.07, 6.45) is 2.13. The van der Waals surface area contributed by atoms with Gasteiger partial charge in [0.2, 0.25) is 0 Å². The summed E-state index contributed by atoms with van der Waals surface area (Å²) in [5, 5.41) is 0. The van der Waals surface area contributed by atoms with Crippen LogP contribution in [0.25, 0.3) is 33.5 Å². The zero-order chi connectivity index (χ0) is 25.7. The maximum absolute atomic E-state index is 6.44. The number of rotatable bonds is 10. The van der Waals surface area contributed by atoms with Gasteiger partial charge in [-0.1, -0.05) is 101 Å². The van der Waals surface area contributed by atoms with Crippen molar-refractivity contribution in [2.75, 3.05) is 13.2 Å². The molecule has 4 nitrogen and oxygen atoms in total. The Bertz CT molecular complexity index is 1200. The first-order valence-electron chi connectivity index (χ1n) is 13.2. The summed E-state index contributed by atoms with van der Waals surface area (Å²) in [6, 6.07) is 20.6. The topological polar surface area (TPSA) is 44.2 Å². The summed E-state index contributed by atoms with van der Waals surface area (Å²) in [5.41, 5.74) is 7.51. The van der Waals surface area contributed by atoms with Crippen LogP contribution in [-0.2, 0) is 0 Å². The third-order valence-corrected chi connectivity index (χ3v) is 7.01. The van der Waals surface area contributed by atoms with Crippen molar-refractivity contribution in [2.24, 2.45) is 11.8 Å². The largest absolute Gasteiger partial charge is 0.489 e. The highest BCUT2D eigenvalue weighted by molar-refractivity contribution is 5.92. The van der Waals surface area contributed by atoms with E-state index in [9.17, 15) is 0 Å². The van der Waals surface area contributed by atoms with Gasteiger partial charge in [-0.3, -0.25) is 0 Å². The van der Waals surface area contributed by atoms with Crippen LogP contribution in [0.2, 0.25) is 0 Å². The third kappa shape index (κ3) is 5.38. The minimum Gasteiger partial charge on any atom is -0.489 e. The highest BCUT2D eigenvalue weighted by atomic mass is 16.5. The van der Waals surface area contributed by atoms with Gasteiger partial charge < -0.3 is 9.47 Å². The molecule has 0 unspecified atom stereocenters. The van der Waals surface area contributed by atoms with Gasteiger partial charge in [-0.2, -0.15) is 0 Å². The van der Waals surface area contributed by atoms with Gasteiger partial charge >= 0.3 is 0 Å². The van der Waals surface area contributed by atoms with Crippen LogP contribution in [0.15, 0.2) is 60.7 Å². The van der Waals surface area contributed by atoms with Crippen LogP contribution in [0.4, 0.5) is 0 Å². The molecule has 0 saturated carbocycles. The molecule has 0 fully saturated rings. The van der Waals surface area contributed by atoms with E-state index in [2.05, 4.69) is 65.8 Å². The molecule has 0 amide bonds. The molecule has 0 N–H and O–H groups in total. The summed E-state index contributed by atoms with van der Waals surface area (Å²) in [7, 11) is 0. The molecule has 0 aliphatic heterocycles. The van der Waals surface area contributed by atoms with Crippen LogP contribution in [-0.4, -0.2) is 23.2 Å². The Balaban J connectivity index is 1.97. The van der Waals surface area contributed by atoms with Gasteiger partial charge in [0.05, 0.1) is 35.6 Å². The second-order valence-corrected chi connectivity index (χ2v) is 9.91. The molecule has 1 aromatic heterocycles. The Morgan fingerprint density at radius 3 is 1.31 bits per heavy atom. The molecule has 2 atom stereocenters. The number of benzene rings is 3. The van der Waals surface area contributed by atoms with Gasteiger partial charge in [0.25, 0.3) is 0 Å². The number of hydrogen-bond donors (Lipinski definition) is 0. The lowest BCUT2D eigenvalue weighted by molar-refractivity contribution is 0.216. The van der Waals surface area contributed by atoms with Crippen molar-refractivity contribution in [2.45, 2.75) is 54.4 Å². The lowest BCUT2D eigenvalue weighted by atomic mass is 10.0. The van der Waals surface area contributed by atoms with Crippen LogP contribution in [0.3, 0.4) is 0 Å². The Hall–Kier alpha value is -3.40. The molecule has 0 aliphatic carbocycles. The Morgan fingerprint density at radius 1 is 0.611 bits per heavy atom. The van der Waals surface area contributed by atoms with Crippen LogP contribution in [0.1, 0.15) is 51.7 Å². The van der Waals surface area contributed by atoms with Crippen LogP contribution >= 0.6 is 0 Å². The molecule has 0 aliphatic rings. The van der Waals surface area contributed by atoms with Gasteiger partial charge in [0, 0.05) is 22.3 Å². The molecule has 4 rings (SSSR count). The molecular formula is C32H38N2O2. The first kappa shape index (κ1) is 25.7. The van der Waals surface area contributed by atoms with Gasteiger partial charge in [-0.25, -0.2) is 9.97 Å². The van der Waals surface area contributed by atoms with Crippen molar-refractivity contribution in [1.29, 1.82) is 0 Å². The predicted molar refractivity (Wildman–Crippen MR) is 150 cm³/mol. The third-order valence-electron chi connectivity index (χ3n) is 7.01. The average Bonchev–Trinajstić information content (AvgIpc) is 2.93. The summed E-state index contributed by atoms with van der Waals surface area (Å²) >= 11 is 0. The minimum atomic E-state index is 0.453. The van der Waals surface area contributed by atoms with Crippen molar-refractivity contribution < 1.29 is 9.47 Å². The zero-order valence-corrected chi connectivity index (χ0v) is 22.5. The fourth-order valence-electron chi connectivity index (χ4n) is 4.14. The van der Waals surface area contributed by atoms with Crippen LogP contribution in [0, 0.1) is 25.7 Å². The van der Waals surface area contributed by atoms with Gasteiger partial charge in [-0.15, -0.1) is 0 Å². The van der Waals surface area contributed by atoms with Crippen molar-refractivity contribution in [3.63, 3.8) is 0 Å². The van der Waals surface area contributed by atoms with E-state index in [-0.39, 0.29) is 0 Å². The van der Waals surface area contributed by atoms with E-state index in [1.165, 1.54) is 0 Å². The van der Waals surface area contributed by atoms with Gasteiger partial charge in [-0.05, 0) is 25.7 Å². The number of ether oxygens (including phenoxy) is 2. The number of hydrogen-bond acceptors (Lipinski definition) is 4. The van der Waals surface area contributed by atoms with Crippen molar-refractivity contribution in [3.05, 3.63) is 71.8 Å². The lowest BCUT2D eigenvalue weighted by Gasteiger charge is -2.22. The van der Waals surface area contributed by atoms with Crippen LogP contribution < -0.4 is 9.47 Å². The number of nitrogens with zero attached hydrogens (tertiary/aromatic N) is 2. The van der Waals surface area contributed by atoms with Crippen molar-refractivity contribution >= 4 is 11.0 Å². The predicted octanol–water partition coefficient (Wildman–Crippen LogP) is 8.43. The maximum atomic E-state index is 6.44. The highest BCUT2D eigenvalue weighted by Gasteiger charge is 2.23. The summed E-state index contributed by atoms with van der Waals surface area (Å²) in [5.74, 6) is 2.50. The quantitative estimate of drug-likeness (QED) is 0.227. The fourth-order valence-corrected chi connectivity index (χ4v) is 4.14. The SMILES string of the molecule is CC[C@H](C)COc1c(OC[C@@H](C)CC)c(C)c2nc(-c3ccccc3)c(-c3ccccc3)nc2c1C. The van der Waals surface area contributed by atoms with E-state index in [4.69, 9.17) is 19.4 Å². The Kier molecular flexibility index (Phi) is 8.25. The van der Waals surface area contributed by atoms with E-state index in [1.54, 1.807) is 0 Å². The Morgan fingerprint density at radius 2 is 0.972 bits per heavy atom. The highest BCUT2D eigenvalue weighted by Crippen LogP contribution is 2.42. The number of fused-ring (bicyclic) bond motifs is 1. The molecule has 0 bridgehead atoms. The van der Waals surface area contributed by atoms with E-state index < -0.39 is 0 Å². The molecule has 1 heterocycles. The van der Waals surface area contributed by atoms with E-state index >= 15 is 0 Å². The summed E-state index contributed by atoms with van der Waals surface area (Å²) < 4.78 is 12.9. The first-order valence-corrected chi connectivity index (χ1v) is 13.2. The normalized spacial score (nSPS) is 12.9. The zero-order valence-electron chi connectivity index (χ0n) is 22.5. The molecule has 0 spiro atoms. The molecule has 3 aromatic carbocycles. The number of aryl methyl sites for hydroxylation is 2. The van der Waals surface area contributed by atoms with E-state index in [1.807, 2.05) is 36.4 Å². The molecule has 36 heavy (non-hydrogen) atoms. The first-order chi connectivity index (χ1) is 17.4. The average molecular weight is 483 g/mol. The fraction of sp³-hybridized carbons (Fsp3) is 0.375. The summed E-state index contributed by atoms with van der Waals surface area (Å²) in [4.78, 5) is 10.5. The van der Waals surface area contributed by atoms with Crippen molar-refractivity contribution in [3.8, 4) is 34.0 Å². The molecule has 4 aromatic rings. The molecule has 0 radical (unpaired) electrons. The monoisotopic (exact) mass is 482 g/mol. The van der Waals surface area contributed by atoms with Crippen LogP contribution in [0.5, 0.6) is 11.5 Å². The van der Waals surface area contributed by atoms with Gasteiger partial charge in [0.15, 0.2) is 11.5 Å². The van der Waals surface area contributed by atoms with Gasteiger partial charge in [0.1, 0.15) is 0 Å². The molecule has 188 valence electrons. The second kappa shape index (κ2) is 11.6. The smallest absolute Gasteiger partial charge is 0.166 e. The minimum absolute atomic E-state index is 0.453. The van der Waals surface area contributed by atoms with E-state index in [0.29, 0.717) is 25.0 Å². The molecular weight excluding hydrogens is 444 g/mol. The standard InChI is InChI=1S/C32H38N2O2/c1-7-21(3)19-35-31-23(5)27-28(24(6)32(31)36-20-22(4)8-2)34-30(26-17-13-10-14-18-26)29(33-27)25-15-11-9-12-16-25/h9-18,21-22H,7-8,19-20H2,1-6H3/t21-,22-/m0/s1. The molecule has 0 saturated heterocycles. The molecule has 4 heteroatoms. The number of aromatic nitrogens is 2. The Labute approximate surface area is 215 Å². The summed E-state index contributed by atoms with van der Waals surface area (Å²) in [6.45, 7) is 14.2. The van der Waals surface area contributed by atoms with E-state index in [0.717, 1.165) is 69.0 Å². The maximum Gasteiger partial charge on any atom is 0.166 e. The van der Waals surface area contributed by atoms with Crippen molar-refractivity contribution in [1.82, 2.24) is 9.97 Å². The second-order valence-electron chi connectivity index (χ2n) is 9.91.